The second-order valence-corrected chi connectivity index (χ2v) is 5.96. The fraction of sp³-hybridized carbons (Fsp3) is 0.500. The van der Waals surface area contributed by atoms with E-state index >= 15 is 0 Å². The molecule has 0 radical (unpaired) electrons. The van der Waals surface area contributed by atoms with Crippen LogP contribution in [-0.4, -0.2) is 39.1 Å². The van der Waals surface area contributed by atoms with Crippen LogP contribution in [0.5, 0.6) is 5.75 Å². The van der Waals surface area contributed by atoms with E-state index in [0.29, 0.717) is 0 Å². The van der Waals surface area contributed by atoms with Gasteiger partial charge < -0.3 is 10.1 Å². The van der Waals surface area contributed by atoms with Crippen molar-refractivity contribution in [3.05, 3.63) is 29.8 Å². The van der Waals surface area contributed by atoms with Gasteiger partial charge in [0.25, 0.3) is 0 Å². The van der Waals surface area contributed by atoms with Crippen molar-refractivity contribution in [3.8, 4) is 5.75 Å². The van der Waals surface area contributed by atoms with E-state index in [1.54, 1.807) is 16.4 Å². The standard InChI is InChI=1S/C14H21N5OS/c1-10(2)20-12-7-5-11(6-8-12)13(15-3)9-21-14-16-17-18-19(14)4/h5-8,10,13,15H,9H2,1-4H3. The highest BCUT2D eigenvalue weighted by Gasteiger charge is 2.12. The molecule has 0 aliphatic rings. The van der Waals surface area contributed by atoms with Crippen molar-refractivity contribution in [1.82, 2.24) is 25.5 Å². The predicted octanol–water partition coefficient (Wildman–Crippen LogP) is 2.05. The fourth-order valence-electron chi connectivity index (χ4n) is 1.90. The largest absolute Gasteiger partial charge is 0.491 e. The molecule has 1 aromatic heterocycles. The van der Waals surface area contributed by atoms with E-state index in [-0.39, 0.29) is 12.1 Å². The lowest BCUT2D eigenvalue weighted by atomic mass is 10.1. The summed E-state index contributed by atoms with van der Waals surface area (Å²) in [4.78, 5) is 0. The first-order chi connectivity index (χ1) is 10.1. The van der Waals surface area contributed by atoms with E-state index in [9.17, 15) is 0 Å². The maximum absolute atomic E-state index is 5.66. The Morgan fingerprint density at radius 3 is 2.52 bits per heavy atom. The molecule has 0 aliphatic heterocycles. The number of hydrogen-bond donors (Lipinski definition) is 1. The lowest BCUT2D eigenvalue weighted by Crippen LogP contribution is -2.19. The Morgan fingerprint density at radius 2 is 2.00 bits per heavy atom. The normalized spacial score (nSPS) is 12.6. The second kappa shape index (κ2) is 7.42. The number of thioether (sulfide) groups is 1. The zero-order chi connectivity index (χ0) is 15.2. The summed E-state index contributed by atoms with van der Waals surface area (Å²) < 4.78 is 7.34. The molecule has 2 aromatic rings. The van der Waals surface area contributed by atoms with E-state index in [4.69, 9.17) is 4.74 Å². The minimum Gasteiger partial charge on any atom is -0.491 e. The Labute approximate surface area is 129 Å². The smallest absolute Gasteiger partial charge is 0.209 e. The minimum absolute atomic E-state index is 0.190. The quantitative estimate of drug-likeness (QED) is 0.790. The zero-order valence-electron chi connectivity index (χ0n) is 12.8. The van der Waals surface area contributed by atoms with Gasteiger partial charge in [-0.3, -0.25) is 0 Å². The molecule has 0 amide bonds. The summed E-state index contributed by atoms with van der Waals surface area (Å²) in [5, 5.41) is 15.6. The van der Waals surface area contributed by atoms with Gasteiger partial charge in [-0.1, -0.05) is 23.9 Å². The van der Waals surface area contributed by atoms with Crippen molar-refractivity contribution in [1.29, 1.82) is 0 Å². The van der Waals surface area contributed by atoms with Gasteiger partial charge in [0, 0.05) is 18.8 Å². The predicted molar refractivity (Wildman–Crippen MR) is 83.5 cm³/mol. The molecule has 0 fully saturated rings. The van der Waals surface area contributed by atoms with Gasteiger partial charge in [0.15, 0.2) is 0 Å². The highest BCUT2D eigenvalue weighted by Crippen LogP contribution is 2.24. The van der Waals surface area contributed by atoms with Gasteiger partial charge in [0.2, 0.25) is 5.16 Å². The molecule has 0 spiro atoms. The van der Waals surface area contributed by atoms with Gasteiger partial charge in [-0.2, -0.15) is 0 Å². The summed E-state index contributed by atoms with van der Waals surface area (Å²) in [5.74, 6) is 1.75. The third-order valence-corrected chi connectivity index (χ3v) is 4.07. The Morgan fingerprint density at radius 1 is 1.29 bits per heavy atom. The van der Waals surface area contributed by atoms with Crippen molar-refractivity contribution in [2.45, 2.75) is 31.1 Å². The van der Waals surface area contributed by atoms with E-state index in [1.807, 2.05) is 40.1 Å². The lowest BCUT2D eigenvalue weighted by Gasteiger charge is -2.17. The van der Waals surface area contributed by atoms with Crippen LogP contribution < -0.4 is 10.1 Å². The summed E-state index contributed by atoms with van der Waals surface area (Å²) in [5.41, 5.74) is 1.22. The molecule has 1 unspecified atom stereocenters. The third-order valence-electron chi connectivity index (χ3n) is 2.96. The topological polar surface area (TPSA) is 64.9 Å². The highest BCUT2D eigenvalue weighted by atomic mass is 32.2. The van der Waals surface area contributed by atoms with Gasteiger partial charge in [-0.25, -0.2) is 4.68 Å². The van der Waals surface area contributed by atoms with Crippen molar-refractivity contribution in [2.24, 2.45) is 7.05 Å². The molecule has 21 heavy (non-hydrogen) atoms. The van der Waals surface area contributed by atoms with Crippen LogP contribution in [0.1, 0.15) is 25.5 Å². The fourth-order valence-corrected chi connectivity index (χ4v) is 2.89. The van der Waals surface area contributed by atoms with Gasteiger partial charge in [0.1, 0.15) is 5.75 Å². The number of hydrogen-bond acceptors (Lipinski definition) is 6. The molecule has 0 aliphatic carbocycles. The van der Waals surface area contributed by atoms with Crippen molar-refractivity contribution >= 4 is 11.8 Å². The highest BCUT2D eigenvalue weighted by molar-refractivity contribution is 7.99. The summed E-state index contributed by atoms with van der Waals surface area (Å²) in [6.45, 7) is 4.05. The number of nitrogens with zero attached hydrogens (tertiary/aromatic N) is 4. The molecule has 1 N–H and O–H groups in total. The van der Waals surface area contributed by atoms with Gasteiger partial charge >= 0.3 is 0 Å². The van der Waals surface area contributed by atoms with Crippen LogP contribution in [0.4, 0.5) is 0 Å². The summed E-state index contributed by atoms with van der Waals surface area (Å²) in [6, 6.07) is 8.44. The monoisotopic (exact) mass is 307 g/mol. The number of ether oxygens (including phenoxy) is 1. The van der Waals surface area contributed by atoms with Crippen LogP contribution in [0, 0.1) is 0 Å². The molecule has 1 atom stereocenters. The molecule has 0 bridgehead atoms. The molecule has 7 heteroatoms. The average molecular weight is 307 g/mol. The lowest BCUT2D eigenvalue weighted by molar-refractivity contribution is 0.242. The molecular weight excluding hydrogens is 286 g/mol. The first-order valence-electron chi connectivity index (χ1n) is 6.89. The van der Waals surface area contributed by atoms with Crippen LogP contribution in [0.25, 0.3) is 0 Å². The summed E-state index contributed by atoms with van der Waals surface area (Å²) >= 11 is 1.63. The van der Waals surface area contributed by atoms with Gasteiger partial charge in [-0.15, -0.1) is 5.10 Å². The molecule has 2 rings (SSSR count). The van der Waals surface area contributed by atoms with Gasteiger partial charge in [-0.05, 0) is 49.0 Å². The van der Waals surface area contributed by atoms with Crippen LogP contribution in [0.15, 0.2) is 29.4 Å². The minimum atomic E-state index is 0.190. The number of rotatable bonds is 7. The SMILES string of the molecule is CNC(CSc1nnnn1C)c1ccc(OC(C)C)cc1. The van der Waals surface area contributed by atoms with E-state index in [1.165, 1.54) is 5.56 Å². The molecular formula is C14H21N5OS. The van der Waals surface area contributed by atoms with Crippen LogP contribution in [-0.2, 0) is 7.05 Å². The van der Waals surface area contributed by atoms with Crippen molar-refractivity contribution in [3.63, 3.8) is 0 Å². The third kappa shape index (κ3) is 4.44. The molecule has 0 saturated carbocycles. The molecule has 114 valence electrons. The molecule has 1 heterocycles. The van der Waals surface area contributed by atoms with Crippen LogP contribution in [0.3, 0.4) is 0 Å². The number of aromatic nitrogens is 4. The number of aryl methyl sites for hydroxylation is 1. The van der Waals surface area contributed by atoms with E-state index < -0.39 is 0 Å². The Balaban J connectivity index is 1.98. The van der Waals surface area contributed by atoms with Crippen LogP contribution >= 0.6 is 11.8 Å². The maximum Gasteiger partial charge on any atom is 0.209 e. The Kier molecular flexibility index (Phi) is 5.58. The van der Waals surface area contributed by atoms with E-state index in [2.05, 4.69) is 33.0 Å². The summed E-state index contributed by atoms with van der Waals surface area (Å²) in [7, 11) is 3.80. The van der Waals surface area contributed by atoms with Crippen molar-refractivity contribution in [2.75, 3.05) is 12.8 Å². The number of benzene rings is 1. The van der Waals surface area contributed by atoms with E-state index in [0.717, 1.165) is 16.7 Å². The molecule has 6 nitrogen and oxygen atoms in total. The second-order valence-electron chi connectivity index (χ2n) is 4.97. The average Bonchev–Trinajstić information content (AvgIpc) is 2.86. The molecule has 1 aromatic carbocycles. The first kappa shape index (κ1) is 15.8. The van der Waals surface area contributed by atoms with Crippen molar-refractivity contribution < 1.29 is 4.74 Å². The number of nitrogens with one attached hydrogen (secondary N) is 1. The Bertz CT molecular complexity index is 555. The maximum atomic E-state index is 5.66. The number of tetrazole rings is 1. The molecule has 0 saturated heterocycles. The van der Waals surface area contributed by atoms with Gasteiger partial charge in [0.05, 0.1) is 6.10 Å². The summed E-state index contributed by atoms with van der Waals surface area (Å²) in [6.07, 6.45) is 0.190. The first-order valence-corrected chi connectivity index (χ1v) is 7.87. The zero-order valence-corrected chi connectivity index (χ0v) is 13.6. The Hall–Kier alpha value is -1.60. The van der Waals surface area contributed by atoms with Crippen LogP contribution in [0.2, 0.25) is 0 Å².